The Bertz CT molecular complexity index is 442. The highest BCUT2D eigenvalue weighted by Gasteiger charge is 2.01. The number of aryl methyl sites for hydroxylation is 1. The van der Waals surface area contributed by atoms with Gasteiger partial charge in [0.2, 0.25) is 0 Å². The van der Waals surface area contributed by atoms with Gasteiger partial charge in [-0.1, -0.05) is 12.1 Å². The largest absolute Gasteiger partial charge is 0.373 e. The average molecular weight is 210 g/mol. The lowest BCUT2D eigenvalue weighted by molar-refractivity contribution is 1.09. The first-order valence-electron chi connectivity index (χ1n) is 4.22. The molecule has 14 heavy (non-hydrogen) atoms. The van der Waals surface area contributed by atoms with Gasteiger partial charge in [0.15, 0.2) is 0 Å². The van der Waals surface area contributed by atoms with Crippen molar-refractivity contribution in [2.45, 2.75) is 6.92 Å². The van der Waals surface area contributed by atoms with Crippen LogP contribution in [0.15, 0.2) is 24.3 Å². The number of halogens is 1. The summed E-state index contributed by atoms with van der Waals surface area (Å²) < 4.78 is 0. The fourth-order valence-corrected chi connectivity index (χ4v) is 1.38. The maximum absolute atomic E-state index is 4.33. The fraction of sp³-hybridized carbons (Fsp3) is 0.200. The van der Waals surface area contributed by atoms with E-state index in [-0.39, 0.29) is 12.4 Å². The first kappa shape index (κ1) is 10.7. The SMILES string of the molecule is CNc1nc(C)nc2ccccc12.Cl. The third-order valence-electron chi connectivity index (χ3n) is 1.95. The molecule has 1 aromatic heterocycles. The average Bonchev–Trinajstić information content (AvgIpc) is 2.16. The van der Waals surface area contributed by atoms with Crippen LogP contribution in [0, 0.1) is 6.92 Å². The van der Waals surface area contributed by atoms with Crippen molar-refractivity contribution in [1.29, 1.82) is 0 Å². The molecular formula is C10H12ClN3. The summed E-state index contributed by atoms with van der Waals surface area (Å²) in [5, 5.41) is 4.13. The second-order valence-electron chi connectivity index (χ2n) is 2.89. The molecule has 4 heteroatoms. The number of rotatable bonds is 1. The van der Waals surface area contributed by atoms with Gasteiger partial charge in [-0.25, -0.2) is 9.97 Å². The summed E-state index contributed by atoms with van der Waals surface area (Å²) in [4.78, 5) is 8.63. The minimum atomic E-state index is 0. The monoisotopic (exact) mass is 209 g/mol. The molecule has 0 aliphatic carbocycles. The van der Waals surface area contributed by atoms with Gasteiger partial charge in [-0.3, -0.25) is 0 Å². The van der Waals surface area contributed by atoms with Crippen LogP contribution >= 0.6 is 12.4 Å². The van der Waals surface area contributed by atoms with Crippen molar-refractivity contribution < 1.29 is 0 Å². The third-order valence-corrected chi connectivity index (χ3v) is 1.95. The summed E-state index contributed by atoms with van der Waals surface area (Å²) in [5.74, 6) is 1.69. The number of nitrogens with zero attached hydrogens (tertiary/aromatic N) is 2. The van der Waals surface area contributed by atoms with Crippen LogP contribution in [0.5, 0.6) is 0 Å². The van der Waals surface area contributed by atoms with Crippen molar-refractivity contribution in [1.82, 2.24) is 9.97 Å². The van der Waals surface area contributed by atoms with E-state index in [0.717, 1.165) is 22.5 Å². The highest BCUT2D eigenvalue weighted by molar-refractivity contribution is 5.88. The smallest absolute Gasteiger partial charge is 0.137 e. The predicted octanol–water partition coefficient (Wildman–Crippen LogP) is 2.40. The maximum Gasteiger partial charge on any atom is 0.137 e. The zero-order valence-electron chi connectivity index (χ0n) is 8.11. The lowest BCUT2D eigenvalue weighted by Crippen LogP contribution is -1.97. The summed E-state index contributed by atoms with van der Waals surface area (Å²) in [6, 6.07) is 7.97. The maximum atomic E-state index is 4.33. The second kappa shape index (κ2) is 4.24. The molecule has 1 aromatic carbocycles. The number of aromatic nitrogens is 2. The molecule has 0 atom stereocenters. The Morgan fingerprint density at radius 1 is 1.14 bits per heavy atom. The molecule has 2 rings (SSSR count). The van der Waals surface area contributed by atoms with Crippen LogP contribution in [0.2, 0.25) is 0 Å². The number of benzene rings is 1. The van der Waals surface area contributed by atoms with Crippen LogP contribution in [-0.4, -0.2) is 17.0 Å². The number of hydrogen-bond acceptors (Lipinski definition) is 3. The molecule has 0 fully saturated rings. The predicted molar refractivity (Wildman–Crippen MR) is 61.1 cm³/mol. The van der Waals surface area contributed by atoms with Crippen molar-refractivity contribution in [2.75, 3.05) is 12.4 Å². The molecule has 0 amide bonds. The Hall–Kier alpha value is -1.35. The highest BCUT2D eigenvalue weighted by Crippen LogP contribution is 2.18. The molecular weight excluding hydrogens is 198 g/mol. The van der Waals surface area contributed by atoms with Gasteiger partial charge in [-0.2, -0.15) is 0 Å². The van der Waals surface area contributed by atoms with Gasteiger partial charge in [-0.15, -0.1) is 12.4 Å². The molecule has 1 N–H and O–H groups in total. The molecule has 0 radical (unpaired) electrons. The molecule has 2 aromatic rings. The van der Waals surface area contributed by atoms with Crippen LogP contribution in [0.25, 0.3) is 10.9 Å². The first-order chi connectivity index (χ1) is 6.31. The summed E-state index contributed by atoms with van der Waals surface area (Å²) in [7, 11) is 1.87. The van der Waals surface area contributed by atoms with Crippen molar-refractivity contribution in [3.05, 3.63) is 30.1 Å². The lowest BCUT2D eigenvalue weighted by atomic mass is 10.2. The quantitative estimate of drug-likeness (QED) is 0.784. The van der Waals surface area contributed by atoms with Gasteiger partial charge in [0.1, 0.15) is 11.6 Å². The number of para-hydroxylation sites is 1. The number of nitrogens with one attached hydrogen (secondary N) is 1. The minimum absolute atomic E-state index is 0. The van der Waals surface area contributed by atoms with Crippen molar-refractivity contribution >= 4 is 29.1 Å². The van der Waals surface area contributed by atoms with E-state index in [1.165, 1.54) is 0 Å². The van der Waals surface area contributed by atoms with E-state index in [0.29, 0.717) is 0 Å². The zero-order valence-corrected chi connectivity index (χ0v) is 8.93. The zero-order chi connectivity index (χ0) is 9.26. The Balaban J connectivity index is 0.000000980. The van der Waals surface area contributed by atoms with Crippen molar-refractivity contribution in [3.8, 4) is 0 Å². The second-order valence-corrected chi connectivity index (χ2v) is 2.89. The molecule has 74 valence electrons. The van der Waals surface area contributed by atoms with E-state index in [9.17, 15) is 0 Å². The number of anilines is 1. The normalized spacial score (nSPS) is 9.57. The Morgan fingerprint density at radius 3 is 2.57 bits per heavy atom. The molecule has 0 bridgehead atoms. The summed E-state index contributed by atoms with van der Waals surface area (Å²) in [6.07, 6.45) is 0. The van der Waals surface area contributed by atoms with Gasteiger partial charge in [-0.05, 0) is 19.1 Å². The highest BCUT2D eigenvalue weighted by atomic mass is 35.5. The Kier molecular flexibility index (Phi) is 3.25. The number of hydrogen-bond donors (Lipinski definition) is 1. The standard InChI is InChI=1S/C10H11N3.ClH/c1-7-12-9-6-4-3-5-8(9)10(11-2)13-7;/h3-6H,1-2H3,(H,11,12,13);1H. The minimum Gasteiger partial charge on any atom is -0.373 e. The van der Waals surface area contributed by atoms with Gasteiger partial charge >= 0.3 is 0 Å². The van der Waals surface area contributed by atoms with E-state index >= 15 is 0 Å². The van der Waals surface area contributed by atoms with Crippen LogP contribution in [-0.2, 0) is 0 Å². The van der Waals surface area contributed by atoms with Gasteiger partial charge in [0.05, 0.1) is 5.52 Å². The van der Waals surface area contributed by atoms with Crippen LogP contribution in [0.1, 0.15) is 5.82 Å². The van der Waals surface area contributed by atoms with E-state index in [1.807, 2.05) is 38.2 Å². The molecule has 0 saturated heterocycles. The number of fused-ring (bicyclic) bond motifs is 1. The van der Waals surface area contributed by atoms with Gasteiger partial charge in [0.25, 0.3) is 0 Å². The topological polar surface area (TPSA) is 37.8 Å². The summed E-state index contributed by atoms with van der Waals surface area (Å²) in [5.41, 5.74) is 0.986. The van der Waals surface area contributed by atoms with E-state index in [2.05, 4.69) is 15.3 Å². The molecule has 1 heterocycles. The summed E-state index contributed by atoms with van der Waals surface area (Å²) in [6.45, 7) is 1.90. The molecule has 0 unspecified atom stereocenters. The third kappa shape index (κ3) is 1.77. The van der Waals surface area contributed by atoms with E-state index in [4.69, 9.17) is 0 Å². The Morgan fingerprint density at radius 2 is 1.86 bits per heavy atom. The molecule has 0 aliphatic rings. The molecule has 3 nitrogen and oxygen atoms in total. The Labute approximate surface area is 89.0 Å². The van der Waals surface area contributed by atoms with Crippen molar-refractivity contribution in [3.63, 3.8) is 0 Å². The van der Waals surface area contributed by atoms with E-state index in [1.54, 1.807) is 0 Å². The van der Waals surface area contributed by atoms with Crippen LogP contribution < -0.4 is 5.32 Å². The molecule has 0 saturated carbocycles. The van der Waals surface area contributed by atoms with Gasteiger partial charge < -0.3 is 5.32 Å². The molecule has 0 spiro atoms. The molecule has 0 aliphatic heterocycles. The summed E-state index contributed by atoms with van der Waals surface area (Å²) >= 11 is 0. The van der Waals surface area contributed by atoms with Crippen molar-refractivity contribution in [2.24, 2.45) is 0 Å². The van der Waals surface area contributed by atoms with Crippen LogP contribution in [0.3, 0.4) is 0 Å². The fourth-order valence-electron chi connectivity index (χ4n) is 1.38. The van der Waals surface area contributed by atoms with Crippen LogP contribution in [0.4, 0.5) is 5.82 Å². The van der Waals surface area contributed by atoms with Gasteiger partial charge in [0, 0.05) is 12.4 Å². The van der Waals surface area contributed by atoms with E-state index < -0.39 is 0 Å². The lowest BCUT2D eigenvalue weighted by Gasteiger charge is -2.04. The first-order valence-corrected chi connectivity index (χ1v) is 4.22.